The summed E-state index contributed by atoms with van der Waals surface area (Å²) in [6.07, 6.45) is 2.23. The Labute approximate surface area is 114 Å². The van der Waals surface area contributed by atoms with Gasteiger partial charge in [-0.3, -0.25) is 0 Å². The van der Waals surface area contributed by atoms with Gasteiger partial charge < -0.3 is 5.32 Å². The van der Waals surface area contributed by atoms with Crippen LogP contribution in [0.5, 0.6) is 0 Å². The normalized spacial score (nSPS) is 31.2. The number of hydrogen-bond acceptors (Lipinski definition) is 1. The molecule has 0 spiro atoms. The van der Waals surface area contributed by atoms with Crippen molar-refractivity contribution in [2.75, 3.05) is 6.54 Å². The number of benzene rings is 1. The van der Waals surface area contributed by atoms with Gasteiger partial charge in [0.05, 0.1) is 5.02 Å². The molecule has 1 N–H and O–H groups in total. The molecule has 0 saturated heterocycles. The highest BCUT2D eigenvalue weighted by molar-refractivity contribution is 6.30. The average Bonchev–Trinajstić information content (AvgIpc) is 2.36. The minimum atomic E-state index is -0.332. The third-order valence-corrected chi connectivity index (χ3v) is 4.91. The van der Waals surface area contributed by atoms with E-state index in [4.69, 9.17) is 11.6 Å². The van der Waals surface area contributed by atoms with Gasteiger partial charge in [-0.2, -0.15) is 0 Å². The van der Waals surface area contributed by atoms with Gasteiger partial charge >= 0.3 is 0 Å². The smallest absolute Gasteiger partial charge is 0.141 e. The number of nitrogens with one attached hydrogen (secondary N) is 1. The van der Waals surface area contributed by atoms with Crippen molar-refractivity contribution in [2.45, 2.75) is 45.6 Å². The number of hydrogen-bond donors (Lipinski definition) is 1. The predicted octanol–water partition coefficient (Wildman–Crippen LogP) is 4.36. The standard InChI is InChI=1S/C15H21ClFN/c1-4-15(3)11(9-14(15)18-5-2)10-6-7-13(17)12(16)8-10/h6-8,11,14,18H,4-5,9H2,1-3H3. The van der Waals surface area contributed by atoms with Gasteiger partial charge in [0.1, 0.15) is 5.82 Å². The summed E-state index contributed by atoms with van der Waals surface area (Å²) in [7, 11) is 0. The maximum Gasteiger partial charge on any atom is 0.141 e. The Bertz CT molecular complexity index is 435. The lowest BCUT2D eigenvalue weighted by molar-refractivity contribution is 0.0455. The lowest BCUT2D eigenvalue weighted by Gasteiger charge is -2.55. The zero-order chi connectivity index (χ0) is 13.3. The van der Waals surface area contributed by atoms with E-state index in [0.717, 1.165) is 19.4 Å². The molecule has 1 aliphatic carbocycles. The topological polar surface area (TPSA) is 12.0 Å². The summed E-state index contributed by atoms with van der Waals surface area (Å²) in [6, 6.07) is 5.70. The van der Waals surface area contributed by atoms with E-state index in [0.29, 0.717) is 12.0 Å². The van der Waals surface area contributed by atoms with Crippen molar-refractivity contribution in [3.63, 3.8) is 0 Å². The zero-order valence-electron chi connectivity index (χ0n) is 11.3. The first-order chi connectivity index (χ1) is 8.52. The van der Waals surface area contributed by atoms with Crippen LogP contribution in [0.4, 0.5) is 4.39 Å². The first-order valence-electron chi connectivity index (χ1n) is 6.71. The van der Waals surface area contributed by atoms with Crippen molar-refractivity contribution in [1.29, 1.82) is 0 Å². The highest BCUT2D eigenvalue weighted by Gasteiger charge is 2.50. The Morgan fingerprint density at radius 1 is 1.44 bits per heavy atom. The Morgan fingerprint density at radius 2 is 2.17 bits per heavy atom. The molecule has 1 fully saturated rings. The van der Waals surface area contributed by atoms with Gasteiger partial charge in [-0.25, -0.2) is 4.39 Å². The fourth-order valence-electron chi connectivity index (χ4n) is 3.16. The van der Waals surface area contributed by atoms with Gasteiger partial charge in [0.25, 0.3) is 0 Å². The third-order valence-electron chi connectivity index (χ3n) is 4.62. The Morgan fingerprint density at radius 3 is 2.72 bits per heavy atom. The highest BCUT2D eigenvalue weighted by Crippen LogP contribution is 2.55. The highest BCUT2D eigenvalue weighted by atomic mass is 35.5. The molecule has 100 valence electrons. The van der Waals surface area contributed by atoms with Crippen LogP contribution < -0.4 is 5.32 Å². The predicted molar refractivity (Wildman–Crippen MR) is 74.6 cm³/mol. The minimum Gasteiger partial charge on any atom is -0.314 e. The van der Waals surface area contributed by atoms with E-state index in [1.54, 1.807) is 6.07 Å². The molecule has 1 aliphatic rings. The lowest BCUT2D eigenvalue weighted by Crippen LogP contribution is -2.56. The first-order valence-corrected chi connectivity index (χ1v) is 7.09. The summed E-state index contributed by atoms with van der Waals surface area (Å²) in [5.41, 5.74) is 1.41. The second-order valence-electron chi connectivity index (χ2n) is 5.43. The van der Waals surface area contributed by atoms with Crippen molar-refractivity contribution in [2.24, 2.45) is 5.41 Å². The van der Waals surface area contributed by atoms with Gasteiger partial charge in [-0.15, -0.1) is 0 Å². The van der Waals surface area contributed by atoms with Crippen LogP contribution in [0.1, 0.15) is 45.1 Å². The van der Waals surface area contributed by atoms with E-state index in [9.17, 15) is 4.39 Å². The van der Waals surface area contributed by atoms with Gasteiger partial charge in [0, 0.05) is 6.04 Å². The quantitative estimate of drug-likeness (QED) is 0.856. The van der Waals surface area contributed by atoms with Gasteiger partial charge in [-0.05, 0) is 48.4 Å². The molecule has 0 heterocycles. The summed E-state index contributed by atoms with van der Waals surface area (Å²) in [6.45, 7) is 7.67. The van der Waals surface area contributed by atoms with Crippen LogP contribution in [-0.2, 0) is 0 Å². The third kappa shape index (κ3) is 2.17. The fourth-order valence-corrected chi connectivity index (χ4v) is 3.35. The van der Waals surface area contributed by atoms with Gasteiger partial charge in [-0.1, -0.05) is 38.4 Å². The van der Waals surface area contributed by atoms with Crippen LogP contribution >= 0.6 is 11.6 Å². The second kappa shape index (κ2) is 5.18. The molecule has 2 rings (SSSR count). The van der Waals surface area contributed by atoms with Crippen molar-refractivity contribution in [1.82, 2.24) is 5.32 Å². The van der Waals surface area contributed by atoms with Gasteiger partial charge in [0.2, 0.25) is 0 Å². The molecule has 1 saturated carbocycles. The first kappa shape index (κ1) is 13.8. The van der Waals surface area contributed by atoms with E-state index < -0.39 is 0 Å². The fraction of sp³-hybridized carbons (Fsp3) is 0.600. The van der Waals surface area contributed by atoms with Crippen LogP contribution in [0.2, 0.25) is 5.02 Å². The van der Waals surface area contributed by atoms with Crippen LogP contribution in [0, 0.1) is 11.2 Å². The summed E-state index contributed by atoms with van der Waals surface area (Å²) in [5.74, 6) is 0.144. The number of halogens is 2. The number of rotatable bonds is 4. The van der Waals surface area contributed by atoms with Crippen molar-refractivity contribution >= 4 is 11.6 Å². The van der Waals surface area contributed by atoms with E-state index in [-0.39, 0.29) is 16.3 Å². The molecule has 3 atom stereocenters. The molecule has 1 aromatic rings. The molecular weight excluding hydrogens is 249 g/mol. The minimum absolute atomic E-state index is 0.234. The molecule has 18 heavy (non-hydrogen) atoms. The Hall–Kier alpha value is -0.600. The average molecular weight is 270 g/mol. The van der Waals surface area contributed by atoms with E-state index in [2.05, 4.69) is 26.1 Å². The zero-order valence-corrected chi connectivity index (χ0v) is 12.0. The molecule has 0 aromatic heterocycles. The molecule has 1 aromatic carbocycles. The summed E-state index contributed by atoms with van der Waals surface area (Å²) in [4.78, 5) is 0. The largest absolute Gasteiger partial charge is 0.314 e. The molecule has 3 heteroatoms. The molecule has 0 radical (unpaired) electrons. The SMILES string of the molecule is CCNC1CC(c2ccc(F)c(Cl)c2)C1(C)CC. The van der Waals surface area contributed by atoms with E-state index in [1.165, 1.54) is 11.6 Å². The molecule has 3 unspecified atom stereocenters. The van der Waals surface area contributed by atoms with Crippen molar-refractivity contribution < 1.29 is 4.39 Å². The van der Waals surface area contributed by atoms with E-state index >= 15 is 0 Å². The maximum absolute atomic E-state index is 13.2. The van der Waals surface area contributed by atoms with Crippen LogP contribution in [0.15, 0.2) is 18.2 Å². The van der Waals surface area contributed by atoms with Crippen LogP contribution in [0.3, 0.4) is 0 Å². The Kier molecular flexibility index (Phi) is 3.98. The Balaban J connectivity index is 2.22. The van der Waals surface area contributed by atoms with Gasteiger partial charge in [0.15, 0.2) is 0 Å². The molecule has 0 bridgehead atoms. The second-order valence-corrected chi connectivity index (χ2v) is 5.84. The molecular formula is C15H21ClFN. The molecule has 0 amide bonds. The van der Waals surface area contributed by atoms with Crippen molar-refractivity contribution in [3.05, 3.63) is 34.6 Å². The van der Waals surface area contributed by atoms with Crippen LogP contribution in [0.25, 0.3) is 0 Å². The van der Waals surface area contributed by atoms with Crippen molar-refractivity contribution in [3.8, 4) is 0 Å². The lowest BCUT2D eigenvalue weighted by atomic mass is 9.54. The summed E-state index contributed by atoms with van der Waals surface area (Å²) >= 11 is 5.88. The maximum atomic E-state index is 13.2. The van der Waals surface area contributed by atoms with E-state index in [1.807, 2.05) is 6.07 Å². The monoisotopic (exact) mass is 269 g/mol. The van der Waals surface area contributed by atoms with Crippen LogP contribution in [-0.4, -0.2) is 12.6 Å². The summed E-state index contributed by atoms with van der Waals surface area (Å²) < 4.78 is 13.2. The molecule has 0 aliphatic heterocycles. The summed E-state index contributed by atoms with van der Waals surface area (Å²) in [5, 5.41) is 3.78. The molecule has 1 nitrogen and oxygen atoms in total.